The largest absolute Gasteiger partial charge is 0.389 e. The van der Waals surface area contributed by atoms with E-state index in [0.717, 1.165) is 6.54 Å². The van der Waals surface area contributed by atoms with Gasteiger partial charge in [-0.2, -0.15) is 0 Å². The van der Waals surface area contributed by atoms with E-state index >= 15 is 0 Å². The highest BCUT2D eigenvalue weighted by Gasteiger charge is 1.90. The van der Waals surface area contributed by atoms with Crippen LogP contribution < -0.4 is 16.0 Å². The molecule has 0 spiro atoms. The van der Waals surface area contributed by atoms with Crippen LogP contribution in [-0.2, 0) is 0 Å². The quantitative estimate of drug-likeness (QED) is 0.505. The van der Waals surface area contributed by atoms with Gasteiger partial charge in [0, 0.05) is 20.1 Å². The molecule has 0 unspecified atom stereocenters. The van der Waals surface area contributed by atoms with Crippen LogP contribution in [-0.4, -0.2) is 26.2 Å². The summed E-state index contributed by atoms with van der Waals surface area (Å²) in [6.45, 7) is 3.31. The molecule has 0 aliphatic rings. The predicted molar refractivity (Wildman–Crippen MR) is 45.3 cm³/mol. The van der Waals surface area contributed by atoms with Gasteiger partial charge in [-0.05, 0) is 13.1 Å². The molecule has 0 aromatic rings. The molecule has 4 heteroatoms. The smallest absolute Gasteiger partial charge is 0.314 e. The number of nitrogens with one attached hydrogen (secondary N) is 3. The van der Waals surface area contributed by atoms with E-state index in [1.807, 2.05) is 19.2 Å². The molecule has 11 heavy (non-hydrogen) atoms. The summed E-state index contributed by atoms with van der Waals surface area (Å²) in [6.07, 6.45) is 3.74. The number of amides is 2. The molecule has 0 saturated carbocycles. The average molecular weight is 157 g/mol. The Balaban J connectivity index is 3.08. The first-order valence-corrected chi connectivity index (χ1v) is 3.61. The molecule has 0 aromatic carbocycles. The van der Waals surface area contributed by atoms with E-state index < -0.39 is 0 Å². The summed E-state index contributed by atoms with van der Waals surface area (Å²) in [5.41, 5.74) is 0. The molecule has 0 aromatic heterocycles. The van der Waals surface area contributed by atoms with Crippen molar-refractivity contribution in [1.29, 1.82) is 0 Å². The van der Waals surface area contributed by atoms with Crippen molar-refractivity contribution in [3.05, 3.63) is 12.3 Å². The second-order valence-electron chi connectivity index (χ2n) is 1.96. The molecule has 0 atom stereocenters. The molecule has 0 heterocycles. The van der Waals surface area contributed by atoms with Gasteiger partial charge in [0.2, 0.25) is 0 Å². The Labute approximate surface area is 67.1 Å². The van der Waals surface area contributed by atoms with Gasteiger partial charge in [0.15, 0.2) is 0 Å². The number of carbonyl (C=O) groups is 1. The summed E-state index contributed by atoms with van der Waals surface area (Å²) in [6, 6.07) is -0.146. The van der Waals surface area contributed by atoms with Crippen LogP contribution in [0, 0.1) is 0 Å². The Kier molecular flexibility index (Phi) is 6.17. The van der Waals surface area contributed by atoms with E-state index in [0.29, 0.717) is 6.54 Å². The third kappa shape index (κ3) is 6.70. The SMILES string of the molecule is CC=CNCCNC(=O)NC. The van der Waals surface area contributed by atoms with Gasteiger partial charge in [-0.15, -0.1) is 0 Å². The van der Waals surface area contributed by atoms with Crippen LogP contribution in [0.3, 0.4) is 0 Å². The van der Waals surface area contributed by atoms with Gasteiger partial charge in [0.25, 0.3) is 0 Å². The predicted octanol–water partition coefficient (Wildman–Crippen LogP) is 0.0386. The maximum Gasteiger partial charge on any atom is 0.314 e. The zero-order valence-electron chi connectivity index (χ0n) is 6.98. The molecule has 0 rings (SSSR count). The maximum absolute atomic E-state index is 10.6. The minimum Gasteiger partial charge on any atom is -0.389 e. The summed E-state index contributed by atoms with van der Waals surface area (Å²) in [4.78, 5) is 10.6. The van der Waals surface area contributed by atoms with Crippen molar-refractivity contribution >= 4 is 6.03 Å². The van der Waals surface area contributed by atoms with Gasteiger partial charge in [-0.1, -0.05) is 6.08 Å². The lowest BCUT2D eigenvalue weighted by Crippen LogP contribution is -2.36. The summed E-state index contributed by atoms with van der Waals surface area (Å²) in [7, 11) is 1.59. The summed E-state index contributed by atoms with van der Waals surface area (Å²) in [5.74, 6) is 0. The molecule has 4 nitrogen and oxygen atoms in total. The summed E-state index contributed by atoms with van der Waals surface area (Å²) >= 11 is 0. The van der Waals surface area contributed by atoms with Crippen LogP contribution in [0.15, 0.2) is 12.3 Å². The van der Waals surface area contributed by atoms with Crippen LogP contribution in [0.1, 0.15) is 6.92 Å². The Hall–Kier alpha value is -1.19. The molecule has 0 aliphatic carbocycles. The Bertz CT molecular complexity index is 134. The van der Waals surface area contributed by atoms with E-state index in [4.69, 9.17) is 0 Å². The number of rotatable bonds is 4. The molecule has 0 radical (unpaired) electrons. The number of hydrogen-bond donors (Lipinski definition) is 3. The van der Waals surface area contributed by atoms with Crippen LogP contribution in [0.4, 0.5) is 4.79 Å². The molecule has 0 bridgehead atoms. The molecule has 0 fully saturated rings. The molecular formula is C7H15N3O. The molecule has 0 aliphatic heterocycles. The minimum absolute atomic E-state index is 0.146. The van der Waals surface area contributed by atoms with Gasteiger partial charge in [0.05, 0.1) is 0 Å². The van der Waals surface area contributed by atoms with Crippen molar-refractivity contribution in [2.45, 2.75) is 6.92 Å². The first-order valence-electron chi connectivity index (χ1n) is 3.61. The fraction of sp³-hybridized carbons (Fsp3) is 0.571. The first-order chi connectivity index (χ1) is 5.31. The van der Waals surface area contributed by atoms with E-state index in [1.165, 1.54) is 0 Å². The normalized spacial score (nSPS) is 9.64. The Morgan fingerprint density at radius 1 is 1.45 bits per heavy atom. The van der Waals surface area contributed by atoms with E-state index in [2.05, 4.69) is 16.0 Å². The van der Waals surface area contributed by atoms with Crippen molar-refractivity contribution in [2.75, 3.05) is 20.1 Å². The second kappa shape index (κ2) is 6.92. The summed E-state index contributed by atoms with van der Waals surface area (Å²) < 4.78 is 0. The second-order valence-corrected chi connectivity index (χ2v) is 1.96. The summed E-state index contributed by atoms with van der Waals surface area (Å²) in [5, 5.41) is 8.10. The fourth-order valence-corrected chi connectivity index (χ4v) is 0.538. The number of allylic oxidation sites excluding steroid dienone is 1. The standard InChI is InChI=1S/C7H15N3O/c1-3-4-9-5-6-10-7(11)8-2/h3-4,9H,5-6H2,1-2H3,(H2,8,10,11). The third-order valence-electron chi connectivity index (χ3n) is 1.07. The number of hydrogen-bond acceptors (Lipinski definition) is 2. The topological polar surface area (TPSA) is 53.2 Å². The van der Waals surface area contributed by atoms with Crippen molar-refractivity contribution in [1.82, 2.24) is 16.0 Å². The van der Waals surface area contributed by atoms with Gasteiger partial charge in [0.1, 0.15) is 0 Å². The minimum atomic E-state index is -0.146. The number of carbonyl (C=O) groups excluding carboxylic acids is 1. The molecule has 64 valence electrons. The Morgan fingerprint density at radius 3 is 2.73 bits per heavy atom. The third-order valence-corrected chi connectivity index (χ3v) is 1.07. The first kappa shape index (κ1) is 9.81. The number of urea groups is 1. The van der Waals surface area contributed by atoms with Crippen LogP contribution >= 0.6 is 0 Å². The van der Waals surface area contributed by atoms with Crippen molar-refractivity contribution < 1.29 is 4.79 Å². The zero-order chi connectivity index (χ0) is 8.53. The lowest BCUT2D eigenvalue weighted by atomic mass is 10.6. The monoisotopic (exact) mass is 157 g/mol. The van der Waals surface area contributed by atoms with Crippen LogP contribution in [0.5, 0.6) is 0 Å². The lowest BCUT2D eigenvalue weighted by molar-refractivity contribution is 0.243. The maximum atomic E-state index is 10.6. The highest BCUT2D eigenvalue weighted by Crippen LogP contribution is 1.64. The highest BCUT2D eigenvalue weighted by molar-refractivity contribution is 5.73. The van der Waals surface area contributed by atoms with Gasteiger partial charge in [-0.25, -0.2) is 4.79 Å². The van der Waals surface area contributed by atoms with E-state index in [1.54, 1.807) is 7.05 Å². The van der Waals surface area contributed by atoms with Gasteiger partial charge >= 0.3 is 6.03 Å². The molecule has 3 N–H and O–H groups in total. The van der Waals surface area contributed by atoms with Gasteiger partial charge < -0.3 is 16.0 Å². The van der Waals surface area contributed by atoms with E-state index in [-0.39, 0.29) is 6.03 Å². The van der Waals surface area contributed by atoms with Crippen molar-refractivity contribution in [3.63, 3.8) is 0 Å². The zero-order valence-corrected chi connectivity index (χ0v) is 6.98. The van der Waals surface area contributed by atoms with Crippen LogP contribution in [0.2, 0.25) is 0 Å². The Morgan fingerprint density at radius 2 is 2.18 bits per heavy atom. The van der Waals surface area contributed by atoms with Crippen LogP contribution in [0.25, 0.3) is 0 Å². The van der Waals surface area contributed by atoms with Crippen molar-refractivity contribution in [3.8, 4) is 0 Å². The fourth-order valence-electron chi connectivity index (χ4n) is 0.538. The van der Waals surface area contributed by atoms with Crippen molar-refractivity contribution in [2.24, 2.45) is 0 Å². The average Bonchev–Trinajstić information content (AvgIpc) is 2.04. The van der Waals surface area contributed by atoms with Gasteiger partial charge in [-0.3, -0.25) is 0 Å². The highest BCUT2D eigenvalue weighted by atomic mass is 16.2. The molecule has 0 saturated heterocycles. The lowest BCUT2D eigenvalue weighted by Gasteiger charge is -2.02. The molecule has 2 amide bonds. The molecular weight excluding hydrogens is 142 g/mol. The van der Waals surface area contributed by atoms with E-state index in [9.17, 15) is 4.79 Å².